The topological polar surface area (TPSA) is 70.3 Å². The van der Waals surface area contributed by atoms with Crippen molar-refractivity contribution in [1.29, 1.82) is 0 Å². The molecule has 0 spiro atoms. The highest BCUT2D eigenvalue weighted by Gasteiger charge is 2.20. The lowest BCUT2D eigenvalue weighted by atomic mass is 10.2. The highest BCUT2D eigenvalue weighted by molar-refractivity contribution is 14.1. The van der Waals surface area contributed by atoms with E-state index in [4.69, 9.17) is 15.2 Å². The van der Waals surface area contributed by atoms with Gasteiger partial charge in [0.15, 0.2) is 17.3 Å². The highest BCUT2D eigenvalue weighted by atomic mass is 127. The summed E-state index contributed by atoms with van der Waals surface area (Å²) in [7, 11) is 0. The number of rotatable bonds is 1. The van der Waals surface area contributed by atoms with E-state index >= 15 is 0 Å². The molecular formula is C12H9BrIN3O2. The second-order valence-electron chi connectivity index (χ2n) is 4.02. The Morgan fingerprint density at radius 1 is 1.32 bits per heavy atom. The van der Waals surface area contributed by atoms with E-state index in [1.54, 1.807) is 0 Å². The van der Waals surface area contributed by atoms with E-state index in [-0.39, 0.29) is 6.79 Å². The molecule has 0 bridgehead atoms. The third-order valence-corrected chi connectivity index (χ3v) is 4.65. The van der Waals surface area contributed by atoms with Crippen LogP contribution in [0.3, 0.4) is 0 Å². The summed E-state index contributed by atoms with van der Waals surface area (Å²) in [6.45, 7) is 2.14. The lowest BCUT2D eigenvalue weighted by Gasteiger charge is -2.07. The zero-order chi connectivity index (χ0) is 13.6. The van der Waals surface area contributed by atoms with Crippen LogP contribution in [0, 0.1) is 10.5 Å². The summed E-state index contributed by atoms with van der Waals surface area (Å²) in [6.07, 6.45) is 0. The van der Waals surface area contributed by atoms with Gasteiger partial charge in [-0.15, -0.1) is 0 Å². The van der Waals surface area contributed by atoms with E-state index in [1.807, 2.05) is 19.1 Å². The fourth-order valence-corrected chi connectivity index (χ4v) is 2.60. The molecule has 1 aromatic heterocycles. The second kappa shape index (κ2) is 4.78. The van der Waals surface area contributed by atoms with Crippen molar-refractivity contribution in [2.45, 2.75) is 6.92 Å². The Hall–Kier alpha value is -1.09. The maximum Gasteiger partial charge on any atom is 0.231 e. The van der Waals surface area contributed by atoms with Gasteiger partial charge in [0.05, 0.1) is 13.7 Å². The zero-order valence-corrected chi connectivity index (χ0v) is 13.6. The van der Waals surface area contributed by atoms with Crippen LogP contribution in [0.2, 0.25) is 0 Å². The summed E-state index contributed by atoms with van der Waals surface area (Å²) in [5.41, 5.74) is 7.58. The number of nitrogens with two attached hydrogens (primary N) is 1. The number of aromatic nitrogens is 2. The van der Waals surface area contributed by atoms with Gasteiger partial charge in [-0.2, -0.15) is 0 Å². The molecule has 0 fully saturated rings. The predicted molar refractivity (Wildman–Crippen MR) is 83.2 cm³/mol. The molecule has 2 heterocycles. The first-order chi connectivity index (χ1) is 9.06. The number of fused-ring (bicyclic) bond motifs is 1. The molecule has 0 saturated heterocycles. The van der Waals surface area contributed by atoms with Crippen LogP contribution < -0.4 is 15.2 Å². The Kier molecular flexibility index (Phi) is 3.25. The summed E-state index contributed by atoms with van der Waals surface area (Å²) in [6, 6.07) is 3.75. The van der Waals surface area contributed by atoms with Gasteiger partial charge >= 0.3 is 0 Å². The lowest BCUT2D eigenvalue weighted by molar-refractivity contribution is 0.173. The van der Waals surface area contributed by atoms with Crippen molar-refractivity contribution in [3.63, 3.8) is 0 Å². The molecule has 0 amide bonds. The van der Waals surface area contributed by atoms with Crippen LogP contribution in [0.4, 0.5) is 5.82 Å². The molecule has 0 unspecified atom stereocenters. The molecular weight excluding hydrogens is 425 g/mol. The van der Waals surface area contributed by atoms with Crippen LogP contribution in [0.25, 0.3) is 11.4 Å². The molecule has 0 atom stereocenters. The minimum atomic E-state index is 0.228. The van der Waals surface area contributed by atoms with Gasteiger partial charge in [0.2, 0.25) is 6.79 Å². The van der Waals surface area contributed by atoms with Crippen LogP contribution in [-0.2, 0) is 0 Å². The van der Waals surface area contributed by atoms with E-state index in [0.29, 0.717) is 23.1 Å². The number of aryl methyl sites for hydroxylation is 1. The number of nitrogens with zero attached hydrogens (tertiary/aromatic N) is 2. The maximum atomic E-state index is 5.88. The van der Waals surface area contributed by atoms with Crippen molar-refractivity contribution in [3.05, 3.63) is 25.9 Å². The van der Waals surface area contributed by atoms with Gasteiger partial charge in [-0.3, -0.25) is 0 Å². The molecule has 5 nitrogen and oxygen atoms in total. The molecule has 0 aliphatic carbocycles. The number of anilines is 1. The van der Waals surface area contributed by atoms with Crippen LogP contribution in [0.15, 0.2) is 16.6 Å². The predicted octanol–water partition coefficient (Wildman–Crippen LogP) is 3.13. The Bertz CT molecular complexity index is 655. The van der Waals surface area contributed by atoms with Gasteiger partial charge in [0, 0.05) is 5.56 Å². The quantitative estimate of drug-likeness (QED) is 0.699. The maximum absolute atomic E-state index is 5.88. The Morgan fingerprint density at radius 3 is 2.84 bits per heavy atom. The van der Waals surface area contributed by atoms with Crippen LogP contribution in [0.5, 0.6) is 11.5 Å². The summed E-state index contributed by atoms with van der Waals surface area (Å²) in [5, 5.41) is 0. The van der Waals surface area contributed by atoms with Crippen molar-refractivity contribution >= 4 is 44.3 Å². The minimum absolute atomic E-state index is 0.228. The summed E-state index contributed by atoms with van der Waals surface area (Å²) >= 11 is 5.59. The molecule has 2 N–H and O–H groups in total. The summed E-state index contributed by atoms with van der Waals surface area (Å²) < 4.78 is 12.4. The molecule has 1 aliphatic rings. The number of nitrogen functional groups attached to an aromatic ring is 1. The highest BCUT2D eigenvalue weighted by Crippen LogP contribution is 2.42. The number of hydrogen-bond donors (Lipinski definition) is 1. The van der Waals surface area contributed by atoms with E-state index < -0.39 is 0 Å². The fraction of sp³-hybridized carbons (Fsp3) is 0.167. The Labute approximate surface area is 131 Å². The van der Waals surface area contributed by atoms with Gasteiger partial charge in [-0.1, -0.05) is 0 Å². The SMILES string of the molecule is Cc1nc(-c2cc(Br)c3c(c2)OCO3)nc(N)c1I. The molecule has 3 rings (SSSR count). The first-order valence-electron chi connectivity index (χ1n) is 5.45. The molecule has 98 valence electrons. The lowest BCUT2D eigenvalue weighted by Crippen LogP contribution is -2.02. The van der Waals surface area contributed by atoms with Crippen molar-refractivity contribution in [2.24, 2.45) is 0 Å². The van der Waals surface area contributed by atoms with Gasteiger partial charge < -0.3 is 15.2 Å². The van der Waals surface area contributed by atoms with Crippen molar-refractivity contribution in [2.75, 3.05) is 12.5 Å². The van der Waals surface area contributed by atoms with Crippen LogP contribution >= 0.6 is 38.5 Å². The number of hydrogen-bond acceptors (Lipinski definition) is 5. The first-order valence-corrected chi connectivity index (χ1v) is 7.32. The van der Waals surface area contributed by atoms with E-state index in [1.165, 1.54) is 0 Å². The van der Waals surface area contributed by atoms with Gasteiger partial charge in [0.1, 0.15) is 5.82 Å². The number of halogens is 2. The first kappa shape index (κ1) is 12.9. The van der Waals surface area contributed by atoms with Gasteiger partial charge in [-0.05, 0) is 57.6 Å². The number of ether oxygens (including phenoxy) is 2. The van der Waals surface area contributed by atoms with Crippen molar-refractivity contribution in [1.82, 2.24) is 9.97 Å². The summed E-state index contributed by atoms with van der Waals surface area (Å²) in [4.78, 5) is 8.77. The third kappa shape index (κ3) is 2.25. The van der Waals surface area contributed by atoms with Gasteiger partial charge in [-0.25, -0.2) is 9.97 Å². The standard InChI is InChI=1S/C12H9BrIN3O2/c1-5-9(14)11(15)17-12(16-5)6-2-7(13)10-8(3-6)18-4-19-10/h2-3H,4H2,1H3,(H2,15,16,17). The molecule has 1 aromatic carbocycles. The van der Waals surface area contributed by atoms with Crippen molar-refractivity contribution < 1.29 is 9.47 Å². The minimum Gasteiger partial charge on any atom is -0.454 e. The largest absolute Gasteiger partial charge is 0.454 e. The third-order valence-electron chi connectivity index (χ3n) is 2.73. The fourth-order valence-electron chi connectivity index (χ4n) is 1.81. The normalized spacial score (nSPS) is 12.8. The average molecular weight is 434 g/mol. The monoisotopic (exact) mass is 433 g/mol. The van der Waals surface area contributed by atoms with E-state index in [0.717, 1.165) is 19.3 Å². The Morgan fingerprint density at radius 2 is 2.11 bits per heavy atom. The van der Waals surface area contributed by atoms with Crippen molar-refractivity contribution in [3.8, 4) is 22.9 Å². The van der Waals surface area contributed by atoms with E-state index in [2.05, 4.69) is 48.5 Å². The number of benzene rings is 1. The molecule has 0 saturated carbocycles. The molecule has 1 aliphatic heterocycles. The zero-order valence-electron chi connectivity index (χ0n) is 9.91. The summed E-state index contributed by atoms with van der Waals surface area (Å²) in [5.74, 6) is 2.45. The average Bonchev–Trinajstić information content (AvgIpc) is 2.84. The molecule has 19 heavy (non-hydrogen) atoms. The molecule has 0 radical (unpaired) electrons. The van der Waals surface area contributed by atoms with Gasteiger partial charge in [0.25, 0.3) is 0 Å². The second-order valence-corrected chi connectivity index (χ2v) is 5.96. The Balaban J connectivity index is 2.15. The molecule has 2 aromatic rings. The van der Waals surface area contributed by atoms with Crippen LogP contribution in [-0.4, -0.2) is 16.8 Å². The van der Waals surface area contributed by atoms with Crippen LogP contribution in [0.1, 0.15) is 5.69 Å². The smallest absolute Gasteiger partial charge is 0.231 e. The molecule has 7 heteroatoms. The van der Waals surface area contributed by atoms with E-state index in [9.17, 15) is 0 Å².